The molecule has 0 saturated carbocycles. The summed E-state index contributed by atoms with van der Waals surface area (Å²) in [5.74, 6) is 0.870. The molecule has 6 nitrogen and oxygen atoms in total. The van der Waals surface area contributed by atoms with Gasteiger partial charge in [-0.25, -0.2) is 9.78 Å². The Morgan fingerprint density at radius 2 is 2.23 bits per heavy atom. The van der Waals surface area contributed by atoms with Crippen LogP contribution in [0.15, 0.2) is 47.0 Å². The lowest BCUT2D eigenvalue weighted by Crippen LogP contribution is -2.27. The van der Waals surface area contributed by atoms with Crippen LogP contribution in [0.5, 0.6) is 5.75 Å². The third kappa shape index (κ3) is 3.06. The molecule has 1 amide bonds. The van der Waals surface area contributed by atoms with Crippen LogP contribution in [0.3, 0.4) is 0 Å². The maximum atomic E-state index is 11.6. The summed E-state index contributed by atoms with van der Waals surface area (Å²) in [5, 5.41) is 2.65. The number of amides is 1. The average molecular weight is 297 g/mol. The second-order valence-corrected chi connectivity index (χ2v) is 4.69. The molecular formula is C16H15N3O3. The van der Waals surface area contributed by atoms with E-state index in [4.69, 9.17) is 9.15 Å². The van der Waals surface area contributed by atoms with Crippen LogP contribution in [-0.2, 0) is 0 Å². The minimum Gasteiger partial charge on any atom is -0.434 e. The molecule has 6 heteroatoms. The van der Waals surface area contributed by atoms with E-state index in [0.717, 1.165) is 12.0 Å². The van der Waals surface area contributed by atoms with E-state index in [0.29, 0.717) is 29.4 Å². The van der Waals surface area contributed by atoms with Gasteiger partial charge in [-0.2, -0.15) is 4.98 Å². The van der Waals surface area contributed by atoms with Gasteiger partial charge in [0.2, 0.25) is 5.89 Å². The lowest BCUT2D eigenvalue weighted by Gasteiger charge is -2.06. The van der Waals surface area contributed by atoms with Crippen LogP contribution < -0.4 is 10.1 Å². The van der Waals surface area contributed by atoms with Gasteiger partial charge in [0.1, 0.15) is 5.75 Å². The smallest absolute Gasteiger partial charge is 0.412 e. The molecule has 0 atom stereocenters. The summed E-state index contributed by atoms with van der Waals surface area (Å²) in [7, 11) is 0. The highest BCUT2D eigenvalue weighted by atomic mass is 16.6. The van der Waals surface area contributed by atoms with E-state index >= 15 is 0 Å². The molecule has 0 spiro atoms. The number of aromatic nitrogens is 2. The van der Waals surface area contributed by atoms with Crippen molar-refractivity contribution in [3.63, 3.8) is 0 Å². The van der Waals surface area contributed by atoms with Gasteiger partial charge in [-0.05, 0) is 36.8 Å². The van der Waals surface area contributed by atoms with E-state index < -0.39 is 6.09 Å². The predicted octanol–water partition coefficient (Wildman–Crippen LogP) is 3.39. The van der Waals surface area contributed by atoms with E-state index in [1.165, 1.54) is 0 Å². The zero-order valence-corrected chi connectivity index (χ0v) is 12.1. The summed E-state index contributed by atoms with van der Waals surface area (Å²) < 4.78 is 10.9. The Labute approximate surface area is 127 Å². The average Bonchev–Trinajstić information content (AvgIpc) is 2.97. The van der Waals surface area contributed by atoms with Crippen LogP contribution in [0.4, 0.5) is 4.79 Å². The van der Waals surface area contributed by atoms with Crippen LogP contribution in [0.1, 0.15) is 13.3 Å². The van der Waals surface area contributed by atoms with E-state index in [9.17, 15) is 4.79 Å². The zero-order chi connectivity index (χ0) is 15.4. The van der Waals surface area contributed by atoms with E-state index in [1.54, 1.807) is 36.5 Å². The molecule has 0 radical (unpaired) electrons. The molecule has 0 aliphatic rings. The monoisotopic (exact) mass is 297 g/mol. The molecule has 1 N–H and O–H groups in total. The maximum Gasteiger partial charge on any atom is 0.412 e. The van der Waals surface area contributed by atoms with Gasteiger partial charge in [0.25, 0.3) is 0 Å². The lowest BCUT2D eigenvalue weighted by molar-refractivity contribution is 0.200. The molecule has 0 saturated heterocycles. The van der Waals surface area contributed by atoms with E-state index in [2.05, 4.69) is 15.3 Å². The number of rotatable bonds is 4. The maximum absolute atomic E-state index is 11.6. The molecule has 0 bridgehead atoms. The fourth-order valence-electron chi connectivity index (χ4n) is 1.96. The van der Waals surface area contributed by atoms with Crippen molar-refractivity contribution in [2.75, 3.05) is 6.54 Å². The first-order valence-electron chi connectivity index (χ1n) is 7.04. The van der Waals surface area contributed by atoms with Gasteiger partial charge >= 0.3 is 6.09 Å². The number of ether oxygens (including phenoxy) is 1. The molecule has 112 valence electrons. The highest BCUT2D eigenvalue weighted by Crippen LogP contribution is 2.26. The first-order valence-corrected chi connectivity index (χ1v) is 7.04. The van der Waals surface area contributed by atoms with Gasteiger partial charge in [0, 0.05) is 18.3 Å². The molecular weight excluding hydrogens is 282 g/mol. The predicted molar refractivity (Wildman–Crippen MR) is 81.6 cm³/mol. The summed E-state index contributed by atoms with van der Waals surface area (Å²) in [5.41, 5.74) is 1.88. The summed E-state index contributed by atoms with van der Waals surface area (Å²) in [6.07, 6.45) is 2.04. The largest absolute Gasteiger partial charge is 0.434 e. The van der Waals surface area contributed by atoms with Crippen molar-refractivity contribution in [1.82, 2.24) is 15.3 Å². The van der Waals surface area contributed by atoms with Crippen molar-refractivity contribution in [2.45, 2.75) is 13.3 Å². The molecule has 0 aliphatic carbocycles. The number of nitrogens with zero attached hydrogens (tertiary/aromatic N) is 2. The fraction of sp³-hybridized carbons (Fsp3) is 0.188. The number of oxazole rings is 1. The lowest BCUT2D eigenvalue weighted by atomic mass is 10.2. The number of benzene rings is 1. The molecule has 2 heterocycles. The van der Waals surface area contributed by atoms with Crippen LogP contribution >= 0.6 is 0 Å². The number of nitrogens with one attached hydrogen (secondary N) is 1. The molecule has 0 fully saturated rings. The summed E-state index contributed by atoms with van der Waals surface area (Å²) in [4.78, 5) is 20.0. The standard InChI is InChI=1S/C16H15N3O3/c1-2-8-18-16(20)21-12-6-3-5-11(10-12)15-19-14-13(22-15)7-4-9-17-14/h3-7,9-10H,2,8H2,1H3,(H,18,20). The van der Waals surface area contributed by atoms with E-state index in [1.807, 2.05) is 13.0 Å². The Balaban J connectivity index is 1.82. The molecule has 22 heavy (non-hydrogen) atoms. The van der Waals surface area contributed by atoms with E-state index in [-0.39, 0.29) is 0 Å². The Bertz CT molecular complexity index is 765. The third-order valence-electron chi connectivity index (χ3n) is 2.98. The Morgan fingerprint density at radius 3 is 3.05 bits per heavy atom. The van der Waals surface area contributed by atoms with Crippen LogP contribution in [-0.4, -0.2) is 22.6 Å². The number of fused-ring (bicyclic) bond motifs is 1. The van der Waals surface area contributed by atoms with Crippen molar-refractivity contribution < 1.29 is 13.9 Å². The fourth-order valence-corrected chi connectivity index (χ4v) is 1.96. The van der Waals surface area contributed by atoms with Gasteiger partial charge in [0.15, 0.2) is 11.2 Å². The second kappa shape index (κ2) is 6.26. The van der Waals surface area contributed by atoms with Gasteiger partial charge in [-0.3, -0.25) is 0 Å². The number of hydrogen-bond acceptors (Lipinski definition) is 5. The number of hydrogen-bond donors (Lipinski definition) is 1. The zero-order valence-electron chi connectivity index (χ0n) is 12.1. The minimum absolute atomic E-state index is 0.432. The quantitative estimate of drug-likeness (QED) is 0.798. The van der Waals surface area contributed by atoms with Gasteiger partial charge in [-0.15, -0.1) is 0 Å². The molecule has 3 rings (SSSR count). The Morgan fingerprint density at radius 1 is 1.32 bits per heavy atom. The summed E-state index contributed by atoms with van der Waals surface area (Å²) >= 11 is 0. The van der Waals surface area contributed by atoms with Crippen molar-refractivity contribution in [3.8, 4) is 17.2 Å². The normalized spacial score (nSPS) is 10.6. The Kier molecular flexibility index (Phi) is 4.00. The van der Waals surface area contributed by atoms with Crippen molar-refractivity contribution in [2.24, 2.45) is 0 Å². The van der Waals surface area contributed by atoms with Crippen molar-refractivity contribution in [3.05, 3.63) is 42.6 Å². The van der Waals surface area contributed by atoms with Crippen LogP contribution in [0.2, 0.25) is 0 Å². The highest BCUT2D eigenvalue weighted by molar-refractivity contribution is 5.73. The first kappa shape index (κ1) is 14.1. The van der Waals surface area contributed by atoms with Crippen molar-refractivity contribution >= 4 is 17.3 Å². The van der Waals surface area contributed by atoms with Gasteiger partial charge in [-0.1, -0.05) is 13.0 Å². The molecule has 0 unspecified atom stereocenters. The van der Waals surface area contributed by atoms with Gasteiger partial charge in [0.05, 0.1) is 0 Å². The number of carbonyl (C=O) groups excluding carboxylic acids is 1. The summed E-state index contributed by atoms with van der Waals surface area (Å²) in [6.45, 7) is 2.55. The molecule has 0 aliphatic heterocycles. The molecule has 2 aromatic heterocycles. The molecule has 3 aromatic rings. The SMILES string of the molecule is CCCNC(=O)Oc1cccc(-c2nc3ncccc3o2)c1. The minimum atomic E-state index is -0.474. The first-order chi connectivity index (χ1) is 10.8. The van der Waals surface area contributed by atoms with Gasteiger partial charge < -0.3 is 14.5 Å². The van der Waals surface area contributed by atoms with Crippen molar-refractivity contribution in [1.29, 1.82) is 0 Å². The topological polar surface area (TPSA) is 77.2 Å². The van der Waals surface area contributed by atoms with Crippen LogP contribution in [0, 0.1) is 0 Å². The van der Waals surface area contributed by atoms with Crippen LogP contribution in [0.25, 0.3) is 22.7 Å². The third-order valence-corrected chi connectivity index (χ3v) is 2.98. The molecule has 1 aromatic carbocycles. The number of carbonyl (C=O) groups is 1. The second-order valence-electron chi connectivity index (χ2n) is 4.69. The number of pyridine rings is 1. The highest BCUT2D eigenvalue weighted by Gasteiger charge is 2.10. The Hall–Kier alpha value is -2.89. The summed E-state index contributed by atoms with van der Waals surface area (Å²) in [6, 6.07) is 10.6.